The highest BCUT2D eigenvalue weighted by Gasteiger charge is 2.17. The molecule has 0 amide bonds. The Morgan fingerprint density at radius 1 is 1.11 bits per heavy atom. The largest absolute Gasteiger partial charge is 0.289 e. The van der Waals surface area contributed by atoms with Gasteiger partial charge >= 0.3 is 0 Å². The molecule has 3 aromatic rings. The van der Waals surface area contributed by atoms with Gasteiger partial charge in [-0.3, -0.25) is 4.79 Å². The van der Waals surface area contributed by atoms with Gasteiger partial charge in [-0.05, 0) is 24.3 Å². The maximum atomic E-state index is 13.0. The number of fused-ring (bicyclic) bond motifs is 1. The summed E-state index contributed by atoms with van der Waals surface area (Å²) in [7, 11) is 0. The van der Waals surface area contributed by atoms with Crippen molar-refractivity contribution in [3.05, 3.63) is 69.8 Å². The van der Waals surface area contributed by atoms with E-state index in [1.54, 1.807) is 0 Å². The molecule has 1 nitrogen and oxygen atoms in total. The molecule has 0 saturated heterocycles. The summed E-state index contributed by atoms with van der Waals surface area (Å²) in [5.41, 5.74) is 0.931. The Balaban J connectivity index is 2.13. The zero-order chi connectivity index (χ0) is 13.4. The van der Waals surface area contributed by atoms with Gasteiger partial charge in [-0.15, -0.1) is 11.3 Å². The molecule has 0 aliphatic rings. The van der Waals surface area contributed by atoms with Gasteiger partial charge < -0.3 is 0 Å². The highest BCUT2D eigenvalue weighted by Crippen LogP contribution is 2.29. The molecule has 0 aliphatic heterocycles. The second kappa shape index (κ2) is 4.76. The number of carbonyl (C=O) groups excluding carboxylic acids is 1. The number of thiophene rings is 1. The van der Waals surface area contributed by atoms with Crippen molar-refractivity contribution in [2.45, 2.75) is 0 Å². The zero-order valence-corrected chi connectivity index (χ0v) is 11.3. The highest BCUT2D eigenvalue weighted by atomic mass is 35.5. The predicted octanol–water partition coefficient (Wildman–Crippen LogP) is 4.92. The van der Waals surface area contributed by atoms with Gasteiger partial charge in [0.25, 0.3) is 0 Å². The molecule has 2 aromatic carbocycles. The van der Waals surface area contributed by atoms with Crippen LogP contribution < -0.4 is 0 Å². The molecule has 4 heteroatoms. The van der Waals surface area contributed by atoms with Gasteiger partial charge in [0.1, 0.15) is 5.82 Å². The minimum atomic E-state index is -0.447. The van der Waals surface area contributed by atoms with Crippen LogP contribution in [0.2, 0.25) is 5.02 Å². The van der Waals surface area contributed by atoms with Crippen LogP contribution in [-0.4, -0.2) is 5.78 Å². The van der Waals surface area contributed by atoms with Gasteiger partial charge in [-0.25, -0.2) is 4.39 Å². The van der Waals surface area contributed by atoms with E-state index in [0.717, 1.165) is 16.2 Å². The second-order valence-electron chi connectivity index (χ2n) is 4.10. The summed E-state index contributed by atoms with van der Waals surface area (Å²) in [6, 6.07) is 11.5. The lowest BCUT2D eigenvalue weighted by Crippen LogP contribution is -2.01. The minimum Gasteiger partial charge on any atom is -0.289 e. The van der Waals surface area contributed by atoms with E-state index in [1.807, 2.05) is 29.6 Å². The third-order valence-corrected chi connectivity index (χ3v) is 4.18. The van der Waals surface area contributed by atoms with Crippen LogP contribution in [0.5, 0.6) is 0 Å². The number of ketones is 1. The zero-order valence-electron chi connectivity index (χ0n) is 9.69. The van der Waals surface area contributed by atoms with E-state index in [4.69, 9.17) is 11.6 Å². The first-order chi connectivity index (χ1) is 9.16. The molecule has 1 aromatic heterocycles. The number of carbonyl (C=O) groups is 1. The average Bonchev–Trinajstić information content (AvgIpc) is 2.82. The lowest BCUT2D eigenvalue weighted by Gasteiger charge is -2.03. The van der Waals surface area contributed by atoms with Crippen molar-refractivity contribution in [3.63, 3.8) is 0 Å². The van der Waals surface area contributed by atoms with Crippen molar-refractivity contribution < 1.29 is 9.18 Å². The maximum Gasteiger partial charge on any atom is 0.195 e. The Morgan fingerprint density at radius 3 is 2.68 bits per heavy atom. The molecular weight excluding hydrogens is 283 g/mol. The van der Waals surface area contributed by atoms with Crippen LogP contribution in [0.4, 0.5) is 4.39 Å². The average molecular weight is 291 g/mol. The molecule has 0 unspecified atom stereocenters. The number of benzene rings is 2. The molecule has 94 valence electrons. The number of hydrogen-bond acceptors (Lipinski definition) is 2. The Labute approximate surface area is 118 Å². The highest BCUT2D eigenvalue weighted by molar-refractivity contribution is 7.17. The van der Waals surface area contributed by atoms with Gasteiger partial charge in [-0.2, -0.15) is 0 Å². The third kappa shape index (κ3) is 2.15. The number of halogens is 2. The van der Waals surface area contributed by atoms with Gasteiger partial charge in [0.05, 0.1) is 5.02 Å². The quantitative estimate of drug-likeness (QED) is 0.612. The number of hydrogen-bond donors (Lipinski definition) is 0. The molecule has 19 heavy (non-hydrogen) atoms. The number of rotatable bonds is 2. The summed E-state index contributed by atoms with van der Waals surface area (Å²) < 4.78 is 14.1. The molecule has 0 saturated carbocycles. The van der Waals surface area contributed by atoms with E-state index in [-0.39, 0.29) is 10.8 Å². The lowest BCUT2D eigenvalue weighted by molar-refractivity contribution is 0.104. The Bertz CT molecular complexity index is 779. The molecule has 3 rings (SSSR count). The van der Waals surface area contributed by atoms with E-state index < -0.39 is 5.82 Å². The van der Waals surface area contributed by atoms with E-state index in [2.05, 4.69) is 0 Å². The fourth-order valence-corrected chi connectivity index (χ4v) is 3.17. The molecule has 0 atom stereocenters. The van der Waals surface area contributed by atoms with Crippen molar-refractivity contribution in [1.29, 1.82) is 0 Å². The summed E-state index contributed by atoms with van der Waals surface area (Å²) in [4.78, 5) is 12.5. The van der Waals surface area contributed by atoms with Crippen LogP contribution in [0.25, 0.3) is 10.1 Å². The van der Waals surface area contributed by atoms with Crippen molar-refractivity contribution in [2.75, 3.05) is 0 Å². The van der Waals surface area contributed by atoms with Crippen molar-refractivity contribution in [2.24, 2.45) is 0 Å². The summed E-state index contributed by atoms with van der Waals surface area (Å²) in [5.74, 6) is -0.626. The third-order valence-electron chi connectivity index (χ3n) is 2.90. The van der Waals surface area contributed by atoms with E-state index in [0.29, 0.717) is 11.1 Å². The second-order valence-corrected chi connectivity index (χ2v) is 5.42. The molecule has 0 N–H and O–H groups in total. The van der Waals surface area contributed by atoms with Crippen LogP contribution >= 0.6 is 22.9 Å². The molecular formula is C15H8ClFOS. The first kappa shape index (κ1) is 12.3. The van der Waals surface area contributed by atoms with Crippen molar-refractivity contribution in [3.8, 4) is 0 Å². The minimum absolute atomic E-state index is 0.139. The Hall–Kier alpha value is -1.71. The first-order valence-electron chi connectivity index (χ1n) is 5.63. The van der Waals surface area contributed by atoms with Crippen LogP contribution in [0.3, 0.4) is 0 Å². The van der Waals surface area contributed by atoms with Crippen LogP contribution in [0.15, 0.2) is 47.8 Å². The summed E-state index contributed by atoms with van der Waals surface area (Å²) >= 11 is 7.44. The lowest BCUT2D eigenvalue weighted by atomic mass is 10.0. The molecule has 1 heterocycles. The Kier molecular flexibility index (Phi) is 3.09. The summed E-state index contributed by atoms with van der Waals surface area (Å²) in [6.07, 6.45) is 0. The van der Waals surface area contributed by atoms with Gasteiger partial charge in [0.15, 0.2) is 5.78 Å². The fourth-order valence-electron chi connectivity index (χ4n) is 1.97. The fraction of sp³-hybridized carbons (Fsp3) is 0. The molecule has 0 fully saturated rings. The van der Waals surface area contributed by atoms with Gasteiger partial charge in [0.2, 0.25) is 0 Å². The first-order valence-corrected chi connectivity index (χ1v) is 6.88. The standard InChI is InChI=1S/C15H8ClFOS/c16-13-7-9(17)5-6-11(13)15(18)12-8-19-14-4-2-1-3-10(12)14/h1-8H. The Morgan fingerprint density at radius 2 is 1.89 bits per heavy atom. The van der Waals surface area contributed by atoms with E-state index >= 15 is 0 Å². The van der Waals surface area contributed by atoms with Crippen LogP contribution in [0, 0.1) is 5.82 Å². The maximum absolute atomic E-state index is 13.0. The van der Waals surface area contributed by atoms with Gasteiger partial charge in [-0.1, -0.05) is 29.8 Å². The monoisotopic (exact) mass is 290 g/mol. The van der Waals surface area contributed by atoms with Crippen molar-refractivity contribution >= 4 is 38.8 Å². The SMILES string of the molecule is O=C(c1ccc(F)cc1Cl)c1csc2ccccc12. The smallest absolute Gasteiger partial charge is 0.195 e. The van der Waals surface area contributed by atoms with E-state index in [9.17, 15) is 9.18 Å². The van der Waals surface area contributed by atoms with Gasteiger partial charge in [0, 0.05) is 26.6 Å². The summed E-state index contributed by atoms with van der Waals surface area (Å²) in [5, 5.41) is 2.85. The van der Waals surface area contributed by atoms with Crippen LogP contribution in [-0.2, 0) is 0 Å². The molecule has 0 bridgehead atoms. The molecule has 0 aliphatic carbocycles. The predicted molar refractivity (Wildman–Crippen MR) is 76.7 cm³/mol. The normalized spacial score (nSPS) is 10.8. The topological polar surface area (TPSA) is 17.1 Å². The molecule has 0 spiro atoms. The summed E-state index contributed by atoms with van der Waals surface area (Å²) in [6.45, 7) is 0. The van der Waals surface area contributed by atoms with E-state index in [1.165, 1.54) is 23.5 Å². The van der Waals surface area contributed by atoms with Crippen molar-refractivity contribution in [1.82, 2.24) is 0 Å². The van der Waals surface area contributed by atoms with Crippen LogP contribution in [0.1, 0.15) is 15.9 Å². The molecule has 0 radical (unpaired) electrons.